The van der Waals surface area contributed by atoms with E-state index in [4.69, 9.17) is 5.73 Å². The highest BCUT2D eigenvalue weighted by atomic mass is 16.2. The summed E-state index contributed by atoms with van der Waals surface area (Å²) in [6, 6.07) is 0.772. The average molecular weight is 253 g/mol. The molecule has 0 aliphatic heterocycles. The predicted molar refractivity (Wildman–Crippen MR) is 73.3 cm³/mol. The van der Waals surface area contributed by atoms with E-state index < -0.39 is 5.54 Å². The number of nitrogens with zero attached hydrogens (tertiary/aromatic N) is 1. The van der Waals surface area contributed by atoms with Crippen molar-refractivity contribution in [1.29, 1.82) is 0 Å². The Balaban J connectivity index is 1.70. The van der Waals surface area contributed by atoms with Gasteiger partial charge in [-0.05, 0) is 32.2 Å². The maximum absolute atomic E-state index is 12.1. The van der Waals surface area contributed by atoms with Gasteiger partial charge in [0.15, 0.2) is 0 Å². The number of rotatable bonds is 6. The van der Waals surface area contributed by atoms with Crippen LogP contribution in [0.3, 0.4) is 0 Å². The molecule has 2 saturated carbocycles. The fourth-order valence-electron chi connectivity index (χ4n) is 2.94. The molecule has 0 heterocycles. The molecule has 0 atom stereocenters. The second kappa shape index (κ2) is 6.02. The van der Waals surface area contributed by atoms with Crippen LogP contribution in [0, 0.1) is 0 Å². The molecule has 2 aliphatic carbocycles. The third-order valence-electron chi connectivity index (χ3n) is 4.35. The predicted octanol–water partition coefficient (Wildman–Crippen LogP) is 1.25. The van der Waals surface area contributed by atoms with Gasteiger partial charge in [0.2, 0.25) is 5.91 Å². The molecule has 2 rings (SSSR count). The van der Waals surface area contributed by atoms with E-state index in [0.717, 1.165) is 51.4 Å². The lowest BCUT2D eigenvalue weighted by Crippen LogP contribution is -2.55. The van der Waals surface area contributed by atoms with Gasteiger partial charge in [0, 0.05) is 19.1 Å². The molecular weight excluding hydrogens is 226 g/mol. The number of nitrogens with one attached hydrogen (secondary N) is 1. The number of carbonyl (C=O) groups excluding carboxylic acids is 1. The number of nitrogens with two attached hydrogens (primary N) is 1. The number of hydrogen-bond acceptors (Lipinski definition) is 3. The molecule has 0 aromatic rings. The number of amides is 1. The molecule has 4 heteroatoms. The Hall–Kier alpha value is -0.610. The first-order chi connectivity index (χ1) is 8.65. The maximum atomic E-state index is 12.1. The summed E-state index contributed by atoms with van der Waals surface area (Å²) in [4.78, 5) is 14.6. The van der Waals surface area contributed by atoms with Crippen LogP contribution in [0.4, 0.5) is 0 Å². The molecule has 0 spiro atoms. The van der Waals surface area contributed by atoms with E-state index >= 15 is 0 Å². The van der Waals surface area contributed by atoms with E-state index in [9.17, 15) is 4.79 Å². The minimum Gasteiger partial charge on any atom is -0.353 e. The van der Waals surface area contributed by atoms with Gasteiger partial charge in [-0.25, -0.2) is 0 Å². The Bertz CT molecular complexity index is 283. The first-order valence-corrected chi connectivity index (χ1v) is 7.47. The highest BCUT2D eigenvalue weighted by molar-refractivity contribution is 5.86. The fraction of sp³-hybridized carbons (Fsp3) is 0.929. The lowest BCUT2D eigenvalue weighted by atomic mass is 9.82. The van der Waals surface area contributed by atoms with Gasteiger partial charge in [0.25, 0.3) is 0 Å². The van der Waals surface area contributed by atoms with Crippen molar-refractivity contribution in [1.82, 2.24) is 10.2 Å². The molecule has 4 nitrogen and oxygen atoms in total. The monoisotopic (exact) mass is 253 g/mol. The largest absolute Gasteiger partial charge is 0.353 e. The van der Waals surface area contributed by atoms with Crippen LogP contribution in [0.25, 0.3) is 0 Å². The molecule has 0 aromatic carbocycles. The van der Waals surface area contributed by atoms with Crippen molar-refractivity contribution >= 4 is 5.91 Å². The van der Waals surface area contributed by atoms with Crippen molar-refractivity contribution in [3.05, 3.63) is 0 Å². The maximum Gasteiger partial charge on any atom is 0.240 e. The molecule has 0 unspecified atom stereocenters. The molecule has 0 radical (unpaired) electrons. The van der Waals surface area contributed by atoms with E-state index in [1.807, 2.05) is 0 Å². The van der Waals surface area contributed by atoms with E-state index in [0.29, 0.717) is 0 Å². The van der Waals surface area contributed by atoms with Crippen molar-refractivity contribution in [3.8, 4) is 0 Å². The van der Waals surface area contributed by atoms with Gasteiger partial charge >= 0.3 is 0 Å². The van der Waals surface area contributed by atoms with Gasteiger partial charge in [-0.3, -0.25) is 9.69 Å². The van der Waals surface area contributed by atoms with Gasteiger partial charge in [0.1, 0.15) is 0 Å². The third kappa shape index (κ3) is 3.45. The lowest BCUT2D eigenvalue weighted by Gasteiger charge is -2.32. The molecule has 2 fully saturated rings. The summed E-state index contributed by atoms with van der Waals surface area (Å²) in [6.45, 7) is 4.96. The SMILES string of the molecule is CCN(CCNC(=O)C1(N)CCCCC1)C1CC1. The van der Waals surface area contributed by atoms with Crippen molar-refractivity contribution < 1.29 is 4.79 Å². The quantitative estimate of drug-likeness (QED) is 0.749. The molecule has 2 aliphatic rings. The van der Waals surface area contributed by atoms with Gasteiger partial charge in [0.05, 0.1) is 5.54 Å². The lowest BCUT2D eigenvalue weighted by molar-refractivity contribution is -0.127. The molecular formula is C14H27N3O. The zero-order valence-corrected chi connectivity index (χ0v) is 11.6. The molecule has 0 aromatic heterocycles. The highest BCUT2D eigenvalue weighted by Gasteiger charge is 2.35. The van der Waals surface area contributed by atoms with Gasteiger partial charge in [-0.2, -0.15) is 0 Å². The fourth-order valence-corrected chi connectivity index (χ4v) is 2.94. The van der Waals surface area contributed by atoms with Crippen LogP contribution >= 0.6 is 0 Å². The van der Waals surface area contributed by atoms with Crippen LogP contribution in [0.1, 0.15) is 51.9 Å². The van der Waals surface area contributed by atoms with Gasteiger partial charge in [-0.15, -0.1) is 0 Å². The molecule has 104 valence electrons. The smallest absolute Gasteiger partial charge is 0.240 e. The summed E-state index contributed by atoms with van der Waals surface area (Å²) in [5.41, 5.74) is 5.61. The molecule has 0 saturated heterocycles. The summed E-state index contributed by atoms with van der Waals surface area (Å²) < 4.78 is 0. The summed E-state index contributed by atoms with van der Waals surface area (Å²) in [5.74, 6) is 0.0639. The molecule has 3 N–H and O–H groups in total. The van der Waals surface area contributed by atoms with Crippen molar-refractivity contribution in [3.63, 3.8) is 0 Å². The van der Waals surface area contributed by atoms with Crippen LogP contribution in [-0.4, -0.2) is 42.0 Å². The Morgan fingerprint density at radius 2 is 2.00 bits per heavy atom. The van der Waals surface area contributed by atoms with Crippen LogP contribution in [-0.2, 0) is 4.79 Å². The topological polar surface area (TPSA) is 58.4 Å². The number of hydrogen-bond donors (Lipinski definition) is 2. The van der Waals surface area contributed by atoms with Gasteiger partial charge < -0.3 is 11.1 Å². The normalized spacial score (nSPS) is 23.1. The molecule has 18 heavy (non-hydrogen) atoms. The molecule has 1 amide bonds. The molecule has 0 bridgehead atoms. The minimum atomic E-state index is -0.588. The van der Waals surface area contributed by atoms with Gasteiger partial charge in [-0.1, -0.05) is 26.2 Å². The van der Waals surface area contributed by atoms with Crippen LogP contribution in [0.5, 0.6) is 0 Å². The van der Waals surface area contributed by atoms with Crippen LogP contribution in [0.15, 0.2) is 0 Å². The number of likely N-dealkylation sites (N-methyl/N-ethyl adjacent to an activating group) is 1. The summed E-state index contributed by atoms with van der Waals surface area (Å²) in [6.07, 6.45) is 7.74. The highest BCUT2D eigenvalue weighted by Crippen LogP contribution is 2.27. The first kappa shape index (κ1) is 13.8. The summed E-state index contributed by atoms with van der Waals surface area (Å²) in [5, 5.41) is 3.03. The van der Waals surface area contributed by atoms with Crippen molar-refractivity contribution in [2.24, 2.45) is 5.73 Å². The zero-order valence-electron chi connectivity index (χ0n) is 11.6. The van der Waals surface area contributed by atoms with E-state index in [1.54, 1.807) is 0 Å². The second-order valence-electron chi connectivity index (χ2n) is 5.83. The zero-order chi connectivity index (χ0) is 13.0. The summed E-state index contributed by atoms with van der Waals surface area (Å²) >= 11 is 0. The standard InChI is InChI=1S/C14H27N3O/c1-2-17(12-6-7-12)11-10-16-13(18)14(15)8-4-3-5-9-14/h12H,2-11,15H2,1H3,(H,16,18). The first-order valence-electron chi connectivity index (χ1n) is 7.47. The average Bonchev–Trinajstić information content (AvgIpc) is 3.19. The number of carbonyl (C=O) groups is 1. The second-order valence-corrected chi connectivity index (χ2v) is 5.83. The van der Waals surface area contributed by atoms with Crippen LogP contribution in [0.2, 0.25) is 0 Å². The van der Waals surface area contributed by atoms with Crippen molar-refractivity contribution in [2.45, 2.75) is 63.5 Å². The Morgan fingerprint density at radius 3 is 2.56 bits per heavy atom. The summed E-state index contributed by atoms with van der Waals surface area (Å²) in [7, 11) is 0. The van der Waals surface area contributed by atoms with E-state index in [-0.39, 0.29) is 5.91 Å². The Labute approximate surface area is 110 Å². The minimum absolute atomic E-state index is 0.0639. The van der Waals surface area contributed by atoms with Crippen molar-refractivity contribution in [2.75, 3.05) is 19.6 Å². The van der Waals surface area contributed by atoms with Crippen LogP contribution < -0.4 is 11.1 Å². The van der Waals surface area contributed by atoms with E-state index in [1.165, 1.54) is 19.3 Å². The Kier molecular flexibility index (Phi) is 4.62. The Morgan fingerprint density at radius 1 is 1.33 bits per heavy atom. The van der Waals surface area contributed by atoms with E-state index in [2.05, 4.69) is 17.1 Å². The third-order valence-corrected chi connectivity index (χ3v) is 4.35.